The van der Waals surface area contributed by atoms with Gasteiger partial charge in [-0.15, -0.1) is 17.9 Å². The summed E-state index contributed by atoms with van der Waals surface area (Å²) in [5, 5.41) is 4.46. The highest BCUT2D eigenvalue weighted by Crippen LogP contribution is 2.32. The van der Waals surface area contributed by atoms with Gasteiger partial charge in [0.25, 0.3) is 5.91 Å². The molecule has 2 N–H and O–H groups in total. The third kappa shape index (κ3) is 4.92. The first-order valence-electron chi connectivity index (χ1n) is 7.47. The highest BCUT2D eigenvalue weighted by Gasteiger charge is 2.21. The maximum Gasteiger partial charge on any atom is 0.348 e. The van der Waals surface area contributed by atoms with Crippen LogP contribution in [0.3, 0.4) is 0 Å². The van der Waals surface area contributed by atoms with E-state index in [0.29, 0.717) is 10.8 Å². The predicted molar refractivity (Wildman–Crippen MR) is 87.5 cm³/mol. The second kappa shape index (κ2) is 7.92. The van der Waals surface area contributed by atoms with E-state index < -0.39 is 24.5 Å². The number of hydrogen-bond acceptors (Lipinski definition) is 5. The Hall–Kier alpha value is -2.15. The van der Waals surface area contributed by atoms with Crippen molar-refractivity contribution in [3.05, 3.63) is 34.0 Å². The maximum absolute atomic E-state index is 12.0. The molecule has 23 heavy (non-hydrogen) atoms. The number of aryl methyl sites for hydroxylation is 1. The van der Waals surface area contributed by atoms with E-state index in [9.17, 15) is 14.4 Å². The minimum absolute atomic E-state index is 0.248. The standard InChI is InChI=1S/C16H20N2O4S/c1-3-6-17-16(21)18-14(19)9-22-15(20)13-8-11-7-10(2)4-5-12(11)23-13/h3,8,10H,1,4-7,9H2,2H3,(H2,17,18,19,21)/t10-/m0/s1. The van der Waals surface area contributed by atoms with Crippen LogP contribution in [0, 0.1) is 5.92 Å². The van der Waals surface area contributed by atoms with Gasteiger partial charge in [-0.2, -0.15) is 0 Å². The lowest BCUT2D eigenvalue weighted by atomic mass is 9.90. The van der Waals surface area contributed by atoms with Crippen LogP contribution in [-0.2, 0) is 22.4 Å². The van der Waals surface area contributed by atoms with Crippen LogP contribution in [0.15, 0.2) is 18.7 Å². The number of amides is 3. The van der Waals surface area contributed by atoms with Crippen molar-refractivity contribution in [2.75, 3.05) is 13.2 Å². The molecule has 0 spiro atoms. The van der Waals surface area contributed by atoms with Crippen molar-refractivity contribution in [2.45, 2.75) is 26.2 Å². The Morgan fingerprint density at radius 2 is 2.26 bits per heavy atom. The molecule has 0 bridgehead atoms. The number of nitrogens with one attached hydrogen (secondary N) is 2. The van der Waals surface area contributed by atoms with Gasteiger partial charge in [0.15, 0.2) is 6.61 Å². The van der Waals surface area contributed by atoms with E-state index in [2.05, 4.69) is 24.1 Å². The molecule has 0 aliphatic heterocycles. The SMILES string of the molecule is C=CCNC(=O)NC(=O)COC(=O)c1cc2c(s1)CC[C@H](C)C2. The molecule has 0 fully saturated rings. The van der Waals surface area contributed by atoms with Crippen molar-refractivity contribution in [3.63, 3.8) is 0 Å². The Kier molecular flexibility index (Phi) is 5.92. The van der Waals surface area contributed by atoms with Crippen LogP contribution in [0.1, 0.15) is 33.5 Å². The zero-order valence-electron chi connectivity index (χ0n) is 13.0. The lowest BCUT2D eigenvalue weighted by Gasteiger charge is -2.16. The van der Waals surface area contributed by atoms with Crippen molar-refractivity contribution in [3.8, 4) is 0 Å². The summed E-state index contributed by atoms with van der Waals surface area (Å²) < 4.78 is 4.96. The van der Waals surface area contributed by atoms with Crippen molar-refractivity contribution in [2.24, 2.45) is 5.92 Å². The fraction of sp³-hybridized carbons (Fsp3) is 0.438. The Labute approximate surface area is 138 Å². The minimum Gasteiger partial charge on any atom is -0.451 e. The summed E-state index contributed by atoms with van der Waals surface area (Å²) in [7, 11) is 0. The summed E-state index contributed by atoms with van der Waals surface area (Å²) in [6.07, 6.45) is 4.58. The van der Waals surface area contributed by atoms with Gasteiger partial charge in [-0.25, -0.2) is 9.59 Å². The number of imide groups is 1. The third-order valence-electron chi connectivity index (χ3n) is 3.52. The third-order valence-corrected chi connectivity index (χ3v) is 4.74. The van der Waals surface area contributed by atoms with Crippen LogP contribution < -0.4 is 10.6 Å². The van der Waals surface area contributed by atoms with Crippen LogP contribution in [-0.4, -0.2) is 31.1 Å². The number of rotatable bonds is 5. The molecule has 1 heterocycles. The number of carbonyl (C=O) groups excluding carboxylic acids is 3. The zero-order chi connectivity index (χ0) is 16.8. The highest BCUT2D eigenvalue weighted by atomic mass is 32.1. The molecule has 1 aromatic heterocycles. The number of hydrogen-bond donors (Lipinski definition) is 2. The van der Waals surface area contributed by atoms with Gasteiger partial charge in [0.05, 0.1) is 0 Å². The van der Waals surface area contributed by atoms with Crippen molar-refractivity contribution >= 4 is 29.2 Å². The first-order valence-corrected chi connectivity index (χ1v) is 8.28. The molecule has 1 aromatic rings. The Morgan fingerprint density at radius 1 is 1.48 bits per heavy atom. The molecule has 0 saturated carbocycles. The Balaban J connectivity index is 1.82. The molecule has 0 unspecified atom stereocenters. The monoisotopic (exact) mass is 336 g/mol. The van der Waals surface area contributed by atoms with Gasteiger partial charge in [-0.3, -0.25) is 10.1 Å². The molecular weight excluding hydrogens is 316 g/mol. The predicted octanol–water partition coefficient (Wildman–Crippen LogP) is 2.04. The largest absolute Gasteiger partial charge is 0.451 e. The smallest absolute Gasteiger partial charge is 0.348 e. The van der Waals surface area contributed by atoms with E-state index >= 15 is 0 Å². The molecule has 6 nitrogen and oxygen atoms in total. The summed E-state index contributed by atoms with van der Waals surface area (Å²) in [6.45, 7) is 5.40. The van der Waals surface area contributed by atoms with E-state index in [1.54, 1.807) is 0 Å². The molecule has 0 saturated heterocycles. The molecular formula is C16H20N2O4S. The molecule has 1 aliphatic rings. The summed E-state index contributed by atoms with van der Waals surface area (Å²) in [5.74, 6) is -0.575. The average molecular weight is 336 g/mol. The molecule has 124 valence electrons. The van der Waals surface area contributed by atoms with Gasteiger partial charge >= 0.3 is 12.0 Å². The number of fused-ring (bicyclic) bond motifs is 1. The number of carbonyl (C=O) groups is 3. The van der Waals surface area contributed by atoms with Gasteiger partial charge in [-0.1, -0.05) is 13.0 Å². The summed E-state index contributed by atoms with van der Waals surface area (Å²) in [6, 6.07) is 1.21. The van der Waals surface area contributed by atoms with Gasteiger partial charge in [0.1, 0.15) is 4.88 Å². The molecule has 2 rings (SSSR count). The van der Waals surface area contributed by atoms with Crippen LogP contribution >= 0.6 is 11.3 Å². The molecule has 7 heteroatoms. The number of urea groups is 1. The lowest BCUT2D eigenvalue weighted by Crippen LogP contribution is -2.41. The van der Waals surface area contributed by atoms with Gasteiger partial charge in [0.2, 0.25) is 0 Å². The maximum atomic E-state index is 12.0. The van der Waals surface area contributed by atoms with E-state index in [1.807, 2.05) is 6.07 Å². The van der Waals surface area contributed by atoms with Crippen LogP contribution in [0.25, 0.3) is 0 Å². The van der Waals surface area contributed by atoms with Crippen LogP contribution in [0.4, 0.5) is 4.79 Å². The van der Waals surface area contributed by atoms with E-state index in [-0.39, 0.29) is 6.54 Å². The number of ether oxygens (including phenoxy) is 1. The Morgan fingerprint density at radius 3 is 3.00 bits per heavy atom. The van der Waals surface area contributed by atoms with E-state index in [1.165, 1.54) is 27.9 Å². The number of esters is 1. The first kappa shape index (κ1) is 17.2. The normalized spacial score (nSPS) is 16.1. The van der Waals surface area contributed by atoms with Crippen LogP contribution in [0.5, 0.6) is 0 Å². The molecule has 0 aromatic carbocycles. The molecule has 1 atom stereocenters. The van der Waals surface area contributed by atoms with Crippen molar-refractivity contribution in [1.82, 2.24) is 10.6 Å². The minimum atomic E-state index is -0.671. The van der Waals surface area contributed by atoms with Gasteiger partial charge in [-0.05, 0) is 36.8 Å². The summed E-state index contributed by atoms with van der Waals surface area (Å²) >= 11 is 1.43. The fourth-order valence-electron chi connectivity index (χ4n) is 2.38. The second-order valence-electron chi connectivity index (χ2n) is 5.53. The van der Waals surface area contributed by atoms with Crippen molar-refractivity contribution in [1.29, 1.82) is 0 Å². The zero-order valence-corrected chi connectivity index (χ0v) is 13.8. The van der Waals surface area contributed by atoms with Gasteiger partial charge < -0.3 is 10.1 Å². The van der Waals surface area contributed by atoms with E-state index in [0.717, 1.165) is 19.3 Å². The van der Waals surface area contributed by atoms with Crippen LogP contribution in [0.2, 0.25) is 0 Å². The first-order chi connectivity index (χ1) is 11.0. The van der Waals surface area contributed by atoms with Crippen molar-refractivity contribution < 1.29 is 19.1 Å². The summed E-state index contributed by atoms with van der Waals surface area (Å²) in [5.41, 5.74) is 1.20. The Bertz CT molecular complexity index is 624. The average Bonchev–Trinajstić information content (AvgIpc) is 2.93. The highest BCUT2D eigenvalue weighted by molar-refractivity contribution is 7.14. The molecule has 1 aliphatic carbocycles. The second-order valence-corrected chi connectivity index (χ2v) is 6.67. The van der Waals surface area contributed by atoms with E-state index in [4.69, 9.17) is 4.74 Å². The fourth-order valence-corrected chi connectivity index (χ4v) is 3.48. The topological polar surface area (TPSA) is 84.5 Å². The number of thiophene rings is 1. The molecule has 0 radical (unpaired) electrons. The quantitative estimate of drug-likeness (QED) is 0.636. The summed E-state index contributed by atoms with van der Waals surface area (Å²) in [4.78, 5) is 36.5. The molecule has 3 amide bonds. The lowest BCUT2D eigenvalue weighted by molar-refractivity contribution is -0.123. The van der Waals surface area contributed by atoms with Gasteiger partial charge in [0, 0.05) is 11.4 Å².